The van der Waals surface area contributed by atoms with Gasteiger partial charge < -0.3 is 16.8 Å². The molecule has 20 heavy (non-hydrogen) atoms. The summed E-state index contributed by atoms with van der Waals surface area (Å²) in [6.45, 7) is 1.80. The Bertz CT molecular complexity index is 694. The Morgan fingerprint density at radius 1 is 1.15 bits per heavy atom. The van der Waals surface area contributed by atoms with Crippen molar-refractivity contribution in [2.24, 2.45) is 11.5 Å². The summed E-state index contributed by atoms with van der Waals surface area (Å²) in [5.74, 6) is -2.50. The second-order valence-corrected chi connectivity index (χ2v) is 5.32. The number of fused-ring (bicyclic) bond motifs is 1. The molecule has 1 aromatic carbocycles. The van der Waals surface area contributed by atoms with Gasteiger partial charge in [0.25, 0.3) is 5.91 Å². The lowest BCUT2D eigenvalue weighted by Crippen LogP contribution is -2.52. The summed E-state index contributed by atoms with van der Waals surface area (Å²) in [6.07, 6.45) is 0. The van der Waals surface area contributed by atoms with Gasteiger partial charge in [0.1, 0.15) is 0 Å². The highest BCUT2D eigenvalue weighted by Crippen LogP contribution is 2.30. The Labute approximate surface area is 118 Å². The highest BCUT2D eigenvalue weighted by atomic mass is 32.1. The minimum atomic E-state index is -1.51. The van der Waals surface area contributed by atoms with E-state index in [9.17, 15) is 14.4 Å². The van der Waals surface area contributed by atoms with Gasteiger partial charge in [0.15, 0.2) is 6.04 Å². The maximum atomic E-state index is 12.1. The van der Waals surface area contributed by atoms with Crippen molar-refractivity contribution in [1.82, 2.24) is 5.32 Å². The van der Waals surface area contributed by atoms with Gasteiger partial charge in [0.2, 0.25) is 11.8 Å². The van der Waals surface area contributed by atoms with Crippen LogP contribution >= 0.6 is 11.3 Å². The van der Waals surface area contributed by atoms with Crippen LogP contribution in [0.25, 0.3) is 10.1 Å². The lowest BCUT2D eigenvalue weighted by atomic mass is 10.1. The number of benzene rings is 1. The molecule has 0 radical (unpaired) electrons. The molecule has 0 aliphatic rings. The molecule has 1 heterocycles. The maximum Gasteiger partial charge on any atom is 0.262 e. The standard InChI is InChI=1S/C13H13N3O3S/c1-6-7-4-2-3-5-8(7)20-10(6)13(19)16-9(11(14)17)12(15)18/h2-5,9H,1H3,(H2,14,17)(H2,15,18)(H,16,19). The van der Waals surface area contributed by atoms with Crippen LogP contribution < -0.4 is 16.8 Å². The van der Waals surface area contributed by atoms with Gasteiger partial charge in [-0.2, -0.15) is 0 Å². The zero-order valence-electron chi connectivity index (χ0n) is 10.7. The van der Waals surface area contributed by atoms with Crippen LogP contribution in [-0.2, 0) is 9.59 Å². The molecule has 7 heteroatoms. The lowest BCUT2D eigenvalue weighted by Gasteiger charge is -2.11. The molecule has 3 amide bonds. The van der Waals surface area contributed by atoms with E-state index in [1.54, 1.807) is 6.92 Å². The third kappa shape index (κ3) is 2.48. The molecular weight excluding hydrogens is 278 g/mol. The molecule has 104 valence electrons. The average molecular weight is 291 g/mol. The van der Waals surface area contributed by atoms with Crippen LogP contribution in [0.5, 0.6) is 0 Å². The first-order valence-corrected chi connectivity index (χ1v) is 6.61. The number of carbonyl (C=O) groups is 3. The van der Waals surface area contributed by atoms with E-state index in [4.69, 9.17) is 11.5 Å². The Morgan fingerprint density at radius 2 is 1.75 bits per heavy atom. The van der Waals surface area contributed by atoms with Crippen LogP contribution in [0.4, 0.5) is 0 Å². The number of nitrogens with two attached hydrogens (primary N) is 2. The fraction of sp³-hybridized carbons (Fsp3) is 0.154. The van der Waals surface area contributed by atoms with Gasteiger partial charge in [-0.15, -0.1) is 11.3 Å². The first-order chi connectivity index (χ1) is 9.41. The minimum Gasteiger partial charge on any atom is -0.367 e. The summed E-state index contributed by atoms with van der Waals surface area (Å²) in [6, 6.07) is 6.03. The van der Waals surface area contributed by atoms with Crippen LogP contribution in [0, 0.1) is 6.92 Å². The quantitative estimate of drug-likeness (QED) is 0.702. The van der Waals surface area contributed by atoms with Crippen molar-refractivity contribution in [3.05, 3.63) is 34.7 Å². The molecule has 0 atom stereocenters. The second kappa shape index (κ2) is 5.30. The van der Waals surface area contributed by atoms with Gasteiger partial charge >= 0.3 is 0 Å². The Hall–Kier alpha value is -2.41. The number of primary amides is 2. The summed E-state index contributed by atoms with van der Waals surface area (Å²) in [4.78, 5) is 34.7. The van der Waals surface area contributed by atoms with Crippen LogP contribution in [0.15, 0.2) is 24.3 Å². The van der Waals surface area contributed by atoms with Gasteiger partial charge in [-0.1, -0.05) is 18.2 Å². The number of carbonyl (C=O) groups excluding carboxylic acids is 3. The van der Waals surface area contributed by atoms with Gasteiger partial charge in [0, 0.05) is 4.70 Å². The van der Waals surface area contributed by atoms with Gasteiger partial charge in [0.05, 0.1) is 4.88 Å². The number of rotatable bonds is 4. The predicted octanol–water partition coefficient (Wildman–Crippen LogP) is 0.279. The molecule has 1 aromatic heterocycles. The molecule has 6 nitrogen and oxygen atoms in total. The van der Waals surface area contributed by atoms with E-state index in [0.29, 0.717) is 4.88 Å². The topological polar surface area (TPSA) is 115 Å². The SMILES string of the molecule is Cc1c(C(=O)NC(C(N)=O)C(N)=O)sc2ccccc12. The predicted molar refractivity (Wildman–Crippen MR) is 76.2 cm³/mol. The molecule has 0 saturated heterocycles. The summed E-state index contributed by atoms with van der Waals surface area (Å²) in [5.41, 5.74) is 10.8. The average Bonchev–Trinajstić information content (AvgIpc) is 2.73. The number of aryl methyl sites for hydroxylation is 1. The normalized spacial score (nSPS) is 10.7. The van der Waals surface area contributed by atoms with E-state index in [0.717, 1.165) is 15.6 Å². The van der Waals surface area contributed by atoms with E-state index in [1.807, 2.05) is 24.3 Å². The van der Waals surface area contributed by atoms with Crippen molar-refractivity contribution >= 4 is 39.1 Å². The number of nitrogens with one attached hydrogen (secondary N) is 1. The fourth-order valence-corrected chi connectivity index (χ4v) is 2.98. The largest absolute Gasteiger partial charge is 0.367 e. The van der Waals surface area contributed by atoms with Crippen LogP contribution in [-0.4, -0.2) is 23.8 Å². The van der Waals surface area contributed by atoms with Crippen molar-refractivity contribution in [2.75, 3.05) is 0 Å². The monoisotopic (exact) mass is 291 g/mol. The molecule has 0 aliphatic carbocycles. The van der Waals surface area contributed by atoms with Gasteiger partial charge in [-0.25, -0.2) is 0 Å². The van der Waals surface area contributed by atoms with Crippen LogP contribution in [0.3, 0.4) is 0 Å². The minimum absolute atomic E-state index is 0.429. The summed E-state index contributed by atoms with van der Waals surface area (Å²) >= 11 is 1.28. The van der Waals surface area contributed by atoms with Crippen molar-refractivity contribution in [1.29, 1.82) is 0 Å². The van der Waals surface area contributed by atoms with Crippen molar-refractivity contribution in [3.63, 3.8) is 0 Å². The molecule has 2 rings (SSSR count). The molecule has 0 spiro atoms. The highest BCUT2D eigenvalue weighted by molar-refractivity contribution is 7.21. The van der Waals surface area contributed by atoms with E-state index in [2.05, 4.69) is 5.32 Å². The zero-order chi connectivity index (χ0) is 14.9. The van der Waals surface area contributed by atoms with E-state index < -0.39 is 23.8 Å². The summed E-state index contributed by atoms with van der Waals surface area (Å²) in [7, 11) is 0. The lowest BCUT2D eigenvalue weighted by molar-refractivity contribution is -0.128. The molecule has 0 bridgehead atoms. The second-order valence-electron chi connectivity index (χ2n) is 4.26. The Balaban J connectivity index is 2.34. The van der Waals surface area contributed by atoms with Crippen molar-refractivity contribution in [3.8, 4) is 0 Å². The first kappa shape index (κ1) is 14.0. The number of thiophene rings is 1. The van der Waals surface area contributed by atoms with Gasteiger partial charge in [-0.3, -0.25) is 14.4 Å². The van der Waals surface area contributed by atoms with E-state index in [-0.39, 0.29) is 0 Å². The van der Waals surface area contributed by atoms with E-state index in [1.165, 1.54) is 11.3 Å². The van der Waals surface area contributed by atoms with E-state index >= 15 is 0 Å². The van der Waals surface area contributed by atoms with Crippen LogP contribution in [0.1, 0.15) is 15.2 Å². The van der Waals surface area contributed by atoms with Crippen molar-refractivity contribution in [2.45, 2.75) is 13.0 Å². The molecule has 5 N–H and O–H groups in total. The number of hydrogen-bond donors (Lipinski definition) is 3. The fourth-order valence-electron chi connectivity index (χ4n) is 1.87. The number of amides is 3. The van der Waals surface area contributed by atoms with Crippen molar-refractivity contribution < 1.29 is 14.4 Å². The molecule has 0 aliphatic heterocycles. The van der Waals surface area contributed by atoms with Gasteiger partial charge in [-0.05, 0) is 23.9 Å². The third-order valence-corrected chi connectivity index (χ3v) is 4.17. The molecule has 2 aromatic rings. The molecule has 0 unspecified atom stereocenters. The summed E-state index contributed by atoms with van der Waals surface area (Å²) in [5, 5.41) is 3.21. The first-order valence-electron chi connectivity index (χ1n) is 5.79. The molecule has 0 fully saturated rings. The highest BCUT2D eigenvalue weighted by Gasteiger charge is 2.26. The smallest absolute Gasteiger partial charge is 0.262 e. The zero-order valence-corrected chi connectivity index (χ0v) is 11.5. The third-order valence-electron chi connectivity index (χ3n) is 2.89. The Kier molecular flexibility index (Phi) is 3.71. The maximum absolute atomic E-state index is 12.1. The van der Waals surface area contributed by atoms with Crippen LogP contribution in [0.2, 0.25) is 0 Å². The molecule has 0 saturated carbocycles. The Morgan fingerprint density at radius 3 is 2.30 bits per heavy atom. The summed E-state index contributed by atoms with van der Waals surface area (Å²) < 4.78 is 0.949. The molecular formula is C13H13N3O3S. The number of hydrogen-bond acceptors (Lipinski definition) is 4.